The van der Waals surface area contributed by atoms with Crippen LogP contribution < -0.4 is 0 Å². The van der Waals surface area contributed by atoms with E-state index in [1.165, 1.54) is 7.05 Å². The van der Waals surface area contributed by atoms with Crippen LogP contribution in [0.5, 0.6) is 0 Å². The first-order valence-corrected chi connectivity index (χ1v) is 12.5. The molecule has 1 heterocycles. The molecule has 1 atom stereocenters. The van der Waals surface area contributed by atoms with Crippen molar-refractivity contribution >= 4 is 12.1 Å². The zero-order valence-corrected chi connectivity index (χ0v) is 22.1. The van der Waals surface area contributed by atoms with Crippen molar-refractivity contribution in [3.8, 4) is 0 Å². The van der Waals surface area contributed by atoms with Gasteiger partial charge in [0.15, 0.2) is 0 Å². The molecule has 0 spiro atoms. The number of amides is 1. The fourth-order valence-electron chi connectivity index (χ4n) is 4.69. The lowest BCUT2D eigenvalue weighted by molar-refractivity contribution is -0.142. The highest BCUT2D eigenvalue weighted by Gasteiger charge is 2.39. The van der Waals surface area contributed by atoms with E-state index < -0.39 is 29.2 Å². The number of nitrogens with zero attached hydrogens (tertiary/aromatic N) is 3. The lowest BCUT2D eigenvalue weighted by atomic mass is 9.77. The first-order valence-electron chi connectivity index (χ1n) is 12.5. The number of benzene rings is 3. The van der Waals surface area contributed by atoms with Crippen LogP contribution in [0.15, 0.2) is 104 Å². The number of rotatable bonds is 8. The molecule has 3 aromatic carbocycles. The number of aliphatic carboxylic acids is 1. The summed E-state index contributed by atoms with van der Waals surface area (Å²) in [5, 5.41) is 9.97. The lowest BCUT2D eigenvalue weighted by Gasteiger charge is -2.37. The first kappa shape index (κ1) is 26.7. The Hall–Kier alpha value is -4.39. The second kappa shape index (κ2) is 10.9. The number of hydrogen-bond donors (Lipinski definition) is 1. The van der Waals surface area contributed by atoms with E-state index in [1.54, 1.807) is 27.1 Å². The number of imidazole rings is 1. The highest BCUT2D eigenvalue weighted by atomic mass is 16.6. The Labute approximate surface area is 223 Å². The summed E-state index contributed by atoms with van der Waals surface area (Å²) in [6.45, 7) is 5.23. The van der Waals surface area contributed by atoms with E-state index >= 15 is 0 Å². The Kier molecular flexibility index (Phi) is 7.67. The van der Waals surface area contributed by atoms with E-state index in [0.717, 1.165) is 21.6 Å². The second-order valence-electron chi connectivity index (χ2n) is 10.2. The van der Waals surface area contributed by atoms with Crippen molar-refractivity contribution in [2.24, 2.45) is 0 Å². The fraction of sp³-hybridized carbons (Fsp3) is 0.258. The molecule has 1 N–H and O–H groups in total. The standard InChI is InChI=1S/C31H33N3O4/c1-30(2,3)38-29(37)33(4)27(28(35)36)20-26-21-34(22-32-26)31(23-14-8-5-9-15-23,24-16-10-6-11-17-24)25-18-12-7-13-19-25/h5-19,21-22,27H,20H2,1-4H3,(H,35,36). The van der Waals surface area contributed by atoms with Gasteiger partial charge in [-0.15, -0.1) is 0 Å². The largest absolute Gasteiger partial charge is 0.480 e. The topological polar surface area (TPSA) is 84.7 Å². The molecule has 7 heteroatoms. The summed E-state index contributed by atoms with van der Waals surface area (Å²) in [7, 11) is 1.44. The van der Waals surface area contributed by atoms with Crippen molar-refractivity contribution in [3.63, 3.8) is 0 Å². The Morgan fingerprint density at radius 2 is 1.32 bits per heavy atom. The third-order valence-corrected chi connectivity index (χ3v) is 6.43. The average Bonchev–Trinajstić information content (AvgIpc) is 3.37. The number of hydrogen-bond acceptors (Lipinski definition) is 4. The summed E-state index contributed by atoms with van der Waals surface area (Å²) in [5.41, 5.74) is 2.13. The van der Waals surface area contributed by atoms with Gasteiger partial charge in [-0.2, -0.15) is 0 Å². The lowest BCUT2D eigenvalue weighted by Crippen LogP contribution is -2.46. The average molecular weight is 512 g/mol. The van der Waals surface area contributed by atoms with E-state index in [9.17, 15) is 14.7 Å². The Morgan fingerprint density at radius 1 is 0.868 bits per heavy atom. The Bertz CT molecular complexity index is 1270. The van der Waals surface area contributed by atoms with E-state index in [4.69, 9.17) is 4.74 Å². The van der Waals surface area contributed by atoms with Crippen LogP contribution >= 0.6 is 0 Å². The minimum absolute atomic E-state index is 0.0204. The molecule has 0 saturated carbocycles. The van der Waals surface area contributed by atoms with Gasteiger partial charge in [-0.05, 0) is 37.5 Å². The molecule has 4 aromatic rings. The zero-order valence-electron chi connectivity index (χ0n) is 22.1. The smallest absolute Gasteiger partial charge is 0.410 e. The van der Waals surface area contributed by atoms with Gasteiger partial charge in [-0.25, -0.2) is 14.6 Å². The maximum atomic E-state index is 12.6. The molecule has 0 saturated heterocycles. The normalized spacial score (nSPS) is 12.5. The first-order chi connectivity index (χ1) is 18.1. The minimum Gasteiger partial charge on any atom is -0.480 e. The predicted octanol–water partition coefficient (Wildman–Crippen LogP) is 5.59. The third-order valence-electron chi connectivity index (χ3n) is 6.43. The van der Waals surface area contributed by atoms with Gasteiger partial charge in [-0.1, -0.05) is 91.0 Å². The SMILES string of the molecule is CN(C(=O)OC(C)(C)C)C(Cc1cn(C(c2ccccc2)(c2ccccc2)c2ccccc2)cn1)C(=O)O. The number of carbonyl (C=O) groups excluding carboxylic acids is 1. The van der Waals surface area contributed by atoms with Crippen LogP contribution in [0.2, 0.25) is 0 Å². The van der Waals surface area contributed by atoms with Crippen molar-refractivity contribution in [1.82, 2.24) is 14.5 Å². The monoisotopic (exact) mass is 511 g/mol. The van der Waals surface area contributed by atoms with Crippen LogP contribution in [0, 0.1) is 0 Å². The quantitative estimate of drug-likeness (QED) is 0.312. The van der Waals surface area contributed by atoms with Gasteiger partial charge < -0.3 is 14.4 Å². The van der Waals surface area contributed by atoms with Crippen LogP contribution in [0.3, 0.4) is 0 Å². The number of carbonyl (C=O) groups is 2. The van der Waals surface area contributed by atoms with Crippen LogP contribution in [-0.2, 0) is 21.5 Å². The molecule has 1 amide bonds. The van der Waals surface area contributed by atoms with E-state index in [2.05, 4.69) is 41.4 Å². The number of ether oxygens (including phenoxy) is 1. The number of likely N-dealkylation sites (N-methyl/N-ethyl adjacent to an activating group) is 1. The highest BCUT2D eigenvalue weighted by molar-refractivity contribution is 5.80. The second-order valence-corrected chi connectivity index (χ2v) is 10.2. The number of carboxylic acids is 1. The molecule has 1 unspecified atom stereocenters. The molecule has 38 heavy (non-hydrogen) atoms. The summed E-state index contributed by atoms with van der Waals surface area (Å²) in [5.74, 6) is -1.13. The van der Waals surface area contributed by atoms with Crippen molar-refractivity contribution < 1.29 is 19.4 Å². The van der Waals surface area contributed by atoms with Crippen LogP contribution in [-0.4, -0.2) is 50.3 Å². The van der Waals surface area contributed by atoms with E-state index in [0.29, 0.717) is 5.69 Å². The van der Waals surface area contributed by atoms with Crippen molar-refractivity contribution in [3.05, 3.63) is 126 Å². The van der Waals surface area contributed by atoms with Gasteiger partial charge in [0.05, 0.1) is 12.0 Å². The molecule has 0 aliphatic carbocycles. The van der Waals surface area contributed by atoms with E-state index in [1.807, 2.05) is 65.4 Å². The molecular weight excluding hydrogens is 478 g/mol. The third kappa shape index (κ3) is 5.47. The molecule has 4 rings (SSSR count). The van der Waals surface area contributed by atoms with Gasteiger partial charge in [-0.3, -0.25) is 4.90 Å². The maximum absolute atomic E-state index is 12.6. The Balaban J connectivity index is 1.81. The van der Waals surface area contributed by atoms with Crippen molar-refractivity contribution in [2.45, 2.75) is 44.4 Å². The molecule has 0 aliphatic rings. The molecule has 0 bridgehead atoms. The van der Waals surface area contributed by atoms with Crippen LogP contribution in [0.25, 0.3) is 0 Å². The highest BCUT2D eigenvalue weighted by Crippen LogP contribution is 2.40. The number of carboxylic acid groups (broad SMARTS) is 1. The Morgan fingerprint density at radius 3 is 1.71 bits per heavy atom. The summed E-state index contributed by atoms with van der Waals surface area (Å²) in [4.78, 5) is 30.6. The molecule has 0 fully saturated rings. The van der Waals surface area contributed by atoms with Gasteiger partial charge in [0, 0.05) is 19.7 Å². The summed E-state index contributed by atoms with van der Waals surface area (Å²) >= 11 is 0. The van der Waals surface area contributed by atoms with Gasteiger partial charge in [0.2, 0.25) is 0 Å². The molecular formula is C31H33N3O4. The summed E-state index contributed by atoms with van der Waals surface area (Å²) in [6, 6.07) is 29.3. The fourth-order valence-corrected chi connectivity index (χ4v) is 4.69. The van der Waals surface area contributed by atoms with Crippen molar-refractivity contribution in [2.75, 3.05) is 7.05 Å². The van der Waals surface area contributed by atoms with Crippen LogP contribution in [0.4, 0.5) is 4.79 Å². The molecule has 0 aliphatic heterocycles. The minimum atomic E-state index is -1.15. The zero-order chi connectivity index (χ0) is 27.3. The molecule has 1 aromatic heterocycles. The van der Waals surface area contributed by atoms with Crippen molar-refractivity contribution in [1.29, 1.82) is 0 Å². The van der Waals surface area contributed by atoms with Gasteiger partial charge in [0.25, 0.3) is 0 Å². The maximum Gasteiger partial charge on any atom is 0.410 e. The molecule has 0 radical (unpaired) electrons. The summed E-state index contributed by atoms with van der Waals surface area (Å²) in [6.07, 6.45) is 2.92. The van der Waals surface area contributed by atoms with Crippen LogP contribution in [0.1, 0.15) is 43.2 Å². The molecule has 7 nitrogen and oxygen atoms in total. The number of aromatic nitrogens is 2. The summed E-state index contributed by atoms with van der Waals surface area (Å²) < 4.78 is 7.42. The predicted molar refractivity (Wildman–Crippen MR) is 146 cm³/mol. The van der Waals surface area contributed by atoms with Gasteiger partial charge in [0.1, 0.15) is 17.2 Å². The molecule has 196 valence electrons. The van der Waals surface area contributed by atoms with Gasteiger partial charge >= 0.3 is 12.1 Å². The van der Waals surface area contributed by atoms with E-state index in [-0.39, 0.29) is 6.42 Å².